The first-order chi connectivity index (χ1) is 14.7. The van der Waals surface area contributed by atoms with Crippen LogP contribution in [0.2, 0.25) is 0 Å². The molecule has 0 bridgehead atoms. The summed E-state index contributed by atoms with van der Waals surface area (Å²) < 4.78 is 16.9. The van der Waals surface area contributed by atoms with Crippen molar-refractivity contribution in [2.75, 3.05) is 31.7 Å². The summed E-state index contributed by atoms with van der Waals surface area (Å²) in [7, 11) is 0. The summed E-state index contributed by atoms with van der Waals surface area (Å²) in [5.41, 5.74) is 2.53. The van der Waals surface area contributed by atoms with Gasteiger partial charge in [-0.15, -0.1) is 0 Å². The largest absolute Gasteiger partial charge is 0.486 e. The molecule has 30 heavy (non-hydrogen) atoms. The number of ether oxygens (including phenoxy) is 3. The molecule has 7 heteroatoms. The van der Waals surface area contributed by atoms with Crippen LogP contribution in [0.15, 0.2) is 47.5 Å². The SMILES string of the molecule is CCc1ccc(C(=O)NC(=NCC2CCCO2)Nc2ccc3c(c2)OCCO3)cc1. The first-order valence-electron chi connectivity index (χ1n) is 10.4. The van der Waals surface area contributed by atoms with Gasteiger partial charge in [0.15, 0.2) is 11.5 Å². The Kier molecular flexibility index (Phi) is 6.49. The second-order valence-corrected chi connectivity index (χ2v) is 7.31. The van der Waals surface area contributed by atoms with E-state index >= 15 is 0 Å². The smallest absolute Gasteiger partial charge is 0.257 e. The zero-order valence-corrected chi connectivity index (χ0v) is 17.1. The minimum atomic E-state index is -0.214. The number of carbonyl (C=O) groups is 1. The van der Waals surface area contributed by atoms with Crippen LogP contribution in [0, 0.1) is 0 Å². The van der Waals surface area contributed by atoms with Crippen molar-refractivity contribution >= 4 is 17.6 Å². The van der Waals surface area contributed by atoms with Crippen molar-refractivity contribution < 1.29 is 19.0 Å². The van der Waals surface area contributed by atoms with Gasteiger partial charge >= 0.3 is 0 Å². The van der Waals surface area contributed by atoms with E-state index in [4.69, 9.17) is 14.2 Å². The fourth-order valence-corrected chi connectivity index (χ4v) is 3.42. The number of benzene rings is 2. The topological polar surface area (TPSA) is 81.2 Å². The molecule has 0 saturated carbocycles. The van der Waals surface area contributed by atoms with Crippen molar-refractivity contribution in [3.63, 3.8) is 0 Å². The molecule has 2 aliphatic heterocycles. The number of anilines is 1. The number of fused-ring (bicyclic) bond motifs is 1. The monoisotopic (exact) mass is 409 g/mol. The molecule has 1 atom stereocenters. The molecule has 2 aromatic rings. The van der Waals surface area contributed by atoms with Gasteiger partial charge in [-0.1, -0.05) is 19.1 Å². The molecule has 1 amide bonds. The molecule has 1 unspecified atom stereocenters. The number of amides is 1. The van der Waals surface area contributed by atoms with Crippen LogP contribution in [0.4, 0.5) is 5.69 Å². The molecular formula is C23H27N3O4. The van der Waals surface area contributed by atoms with Crippen molar-refractivity contribution in [2.24, 2.45) is 4.99 Å². The third-order valence-corrected chi connectivity index (χ3v) is 5.14. The second kappa shape index (κ2) is 9.63. The molecule has 0 spiro atoms. The van der Waals surface area contributed by atoms with Crippen LogP contribution in [0.25, 0.3) is 0 Å². The number of nitrogens with zero attached hydrogens (tertiary/aromatic N) is 1. The molecule has 7 nitrogen and oxygen atoms in total. The average Bonchev–Trinajstić information content (AvgIpc) is 3.31. The van der Waals surface area contributed by atoms with E-state index in [2.05, 4.69) is 22.5 Å². The van der Waals surface area contributed by atoms with E-state index < -0.39 is 0 Å². The Hall–Kier alpha value is -3.06. The second-order valence-electron chi connectivity index (χ2n) is 7.31. The van der Waals surface area contributed by atoms with Crippen LogP contribution in [0.1, 0.15) is 35.7 Å². The van der Waals surface area contributed by atoms with Crippen LogP contribution in [0.3, 0.4) is 0 Å². The lowest BCUT2D eigenvalue weighted by atomic mass is 10.1. The summed E-state index contributed by atoms with van der Waals surface area (Å²) in [4.78, 5) is 17.4. The molecule has 1 saturated heterocycles. The summed E-state index contributed by atoms with van der Waals surface area (Å²) in [6, 6.07) is 13.2. The van der Waals surface area contributed by atoms with Gasteiger partial charge in [-0.05, 0) is 49.1 Å². The number of aliphatic imine (C=N–C) groups is 1. The van der Waals surface area contributed by atoms with Gasteiger partial charge in [-0.3, -0.25) is 10.1 Å². The fourth-order valence-electron chi connectivity index (χ4n) is 3.42. The maximum absolute atomic E-state index is 12.8. The zero-order chi connectivity index (χ0) is 20.8. The lowest BCUT2D eigenvalue weighted by Gasteiger charge is -2.19. The van der Waals surface area contributed by atoms with E-state index in [1.165, 1.54) is 5.56 Å². The highest BCUT2D eigenvalue weighted by Gasteiger charge is 2.17. The number of rotatable bonds is 5. The third kappa shape index (κ3) is 5.10. The van der Waals surface area contributed by atoms with Crippen LogP contribution < -0.4 is 20.1 Å². The van der Waals surface area contributed by atoms with E-state index in [9.17, 15) is 4.79 Å². The lowest BCUT2D eigenvalue weighted by Crippen LogP contribution is -2.36. The first-order valence-corrected chi connectivity index (χ1v) is 10.4. The van der Waals surface area contributed by atoms with Crippen LogP contribution in [-0.4, -0.2) is 44.3 Å². The maximum Gasteiger partial charge on any atom is 0.257 e. The van der Waals surface area contributed by atoms with Gasteiger partial charge in [-0.2, -0.15) is 0 Å². The predicted octanol–water partition coefficient (Wildman–Crippen LogP) is 3.40. The van der Waals surface area contributed by atoms with Crippen molar-refractivity contribution in [3.8, 4) is 11.5 Å². The first kappa shape index (κ1) is 20.2. The minimum absolute atomic E-state index is 0.0859. The van der Waals surface area contributed by atoms with Crippen molar-refractivity contribution in [1.82, 2.24) is 5.32 Å². The standard InChI is InChI=1S/C23H27N3O4/c1-2-16-5-7-17(8-6-16)22(27)26-23(24-15-19-4-3-11-28-19)25-18-9-10-20-21(14-18)30-13-12-29-20/h5-10,14,19H,2-4,11-13,15H2,1H3,(H2,24,25,26,27). The number of aryl methyl sites for hydroxylation is 1. The number of guanidine groups is 1. The van der Waals surface area contributed by atoms with Crippen LogP contribution >= 0.6 is 0 Å². The summed E-state index contributed by atoms with van der Waals surface area (Å²) in [6.45, 7) is 4.40. The number of carbonyl (C=O) groups excluding carboxylic acids is 1. The van der Waals surface area contributed by atoms with Crippen molar-refractivity contribution in [1.29, 1.82) is 0 Å². The average molecular weight is 409 g/mol. The summed E-state index contributed by atoms with van der Waals surface area (Å²) in [5, 5.41) is 6.10. The number of nitrogens with one attached hydrogen (secondary N) is 2. The predicted molar refractivity (Wildman–Crippen MR) is 116 cm³/mol. The Morgan fingerprint density at radius 2 is 1.87 bits per heavy atom. The highest BCUT2D eigenvalue weighted by molar-refractivity contribution is 6.10. The Morgan fingerprint density at radius 1 is 1.07 bits per heavy atom. The van der Waals surface area contributed by atoms with Crippen molar-refractivity contribution in [3.05, 3.63) is 53.6 Å². The van der Waals surface area contributed by atoms with E-state index in [0.717, 1.165) is 31.6 Å². The van der Waals surface area contributed by atoms with Crippen LogP contribution in [0.5, 0.6) is 11.5 Å². The quantitative estimate of drug-likeness (QED) is 0.584. The fraction of sp³-hybridized carbons (Fsp3) is 0.391. The maximum atomic E-state index is 12.8. The molecule has 0 aliphatic carbocycles. The molecule has 4 rings (SSSR count). The molecule has 1 fully saturated rings. The van der Waals surface area contributed by atoms with Gasteiger partial charge in [0.2, 0.25) is 5.96 Å². The van der Waals surface area contributed by atoms with Gasteiger partial charge in [0.1, 0.15) is 13.2 Å². The number of hydrogen-bond donors (Lipinski definition) is 2. The van der Waals surface area contributed by atoms with E-state index in [1.807, 2.05) is 42.5 Å². The van der Waals surface area contributed by atoms with E-state index in [0.29, 0.717) is 42.8 Å². The summed E-state index contributed by atoms with van der Waals surface area (Å²) >= 11 is 0. The van der Waals surface area contributed by atoms with E-state index in [1.54, 1.807) is 0 Å². The van der Waals surface area contributed by atoms with E-state index in [-0.39, 0.29) is 12.0 Å². The zero-order valence-electron chi connectivity index (χ0n) is 17.1. The molecule has 158 valence electrons. The summed E-state index contributed by atoms with van der Waals surface area (Å²) in [6.07, 6.45) is 3.04. The number of hydrogen-bond acceptors (Lipinski definition) is 5. The van der Waals surface area contributed by atoms with Gasteiger partial charge in [0.25, 0.3) is 5.91 Å². The Bertz CT molecular complexity index is 905. The van der Waals surface area contributed by atoms with Gasteiger partial charge in [0, 0.05) is 23.9 Å². The molecule has 0 aromatic heterocycles. The third-order valence-electron chi connectivity index (χ3n) is 5.14. The summed E-state index contributed by atoms with van der Waals surface area (Å²) in [5.74, 6) is 1.55. The molecule has 0 radical (unpaired) electrons. The Balaban J connectivity index is 1.49. The minimum Gasteiger partial charge on any atom is -0.486 e. The highest BCUT2D eigenvalue weighted by atomic mass is 16.6. The molecule has 2 N–H and O–H groups in total. The molecule has 2 aromatic carbocycles. The molecule has 2 aliphatic rings. The molecule has 2 heterocycles. The Morgan fingerprint density at radius 3 is 2.60 bits per heavy atom. The lowest BCUT2D eigenvalue weighted by molar-refractivity contribution is 0.0975. The van der Waals surface area contributed by atoms with Crippen molar-refractivity contribution in [2.45, 2.75) is 32.3 Å². The highest BCUT2D eigenvalue weighted by Crippen LogP contribution is 2.32. The van der Waals surface area contributed by atoms with Gasteiger partial charge in [-0.25, -0.2) is 4.99 Å². The van der Waals surface area contributed by atoms with Crippen LogP contribution in [-0.2, 0) is 11.2 Å². The normalized spacial score (nSPS) is 18.2. The molecular weight excluding hydrogens is 382 g/mol. The van der Waals surface area contributed by atoms with Gasteiger partial charge in [0.05, 0.1) is 12.6 Å². The van der Waals surface area contributed by atoms with Gasteiger partial charge < -0.3 is 19.5 Å². The Labute approximate surface area is 176 Å².